The van der Waals surface area contributed by atoms with Gasteiger partial charge < -0.3 is 14.8 Å². The predicted octanol–water partition coefficient (Wildman–Crippen LogP) is 1.61. The minimum Gasteiger partial charge on any atom is -0.493 e. The van der Waals surface area contributed by atoms with Crippen molar-refractivity contribution in [2.24, 2.45) is 0 Å². The van der Waals surface area contributed by atoms with Crippen LogP contribution >= 0.6 is 0 Å². The SMILES string of the molecule is COc1ccc(CCN[C@H]2CS(=O)(=O)C[C@@H]2S(=O)(=O)c2ccc(F)cc2)cc1OC. The van der Waals surface area contributed by atoms with E-state index in [0.717, 1.165) is 29.8 Å². The van der Waals surface area contributed by atoms with Crippen LogP contribution in [0.5, 0.6) is 11.5 Å². The summed E-state index contributed by atoms with van der Waals surface area (Å²) in [6.45, 7) is 0.380. The molecule has 30 heavy (non-hydrogen) atoms. The summed E-state index contributed by atoms with van der Waals surface area (Å²) < 4.78 is 73.9. The number of ether oxygens (including phenoxy) is 2. The molecule has 1 N–H and O–H groups in total. The molecule has 10 heteroatoms. The number of sulfone groups is 2. The van der Waals surface area contributed by atoms with Crippen molar-refractivity contribution in [1.82, 2.24) is 5.32 Å². The van der Waals surface area contributed by atoms with Gasteiger partial charge in [-0.05, 0) is 54.9 Å². The highest BCUT2D eigenvalue weighted by Gasteiger charge is 2.45. The zero-order chi connectivity index (χ0) is 21.9. The molecule has 1 heterocycles. The molecule has 0 saturated carbocycles. The molecule has 1 saturated heterocycles. The molecule has 7 nitrogen and oxygen atoms in total. The molecule has 2 atom stereocenters. The molecule has 0 bridgehead atoms. The summed E-state index contributed by atoms with van der Waals surface area (Å²) in [6.07, 6.45) is 0.542. The van der Waals surface area contributed by atoms with E-state index in [9.17, 15) is 21.2 Å². The van der Waals surface area contributed by atoms with Gasteiger partial charge in [0.1, 0.15) is 5.82 Å². The first-order chi connectivity index (χ1) is 14.2. The summed E-state index contributed by atoms with van der Waals surface area (Å²) in [5.41, 5.74) is 0.930. The van der Waals surface area contributed by atoms with Crippen molar-refractivity contribution in [2.45, 2.75) is 22.6 Å². The Kier molecular flexibility index (Phi) is 6.68. The third-order valence-electron chi connectivity index (χ3n) is 5.11. The summed E-state index contributed by atoms with van der Waals surface area (Å²) in [4.78, 5) is -0.0855. The molecule has 0 aromatic heterocycles. The highest BCUT2D eigenvalue weighted by Crippen LogP contribution is 2.28. The molecule has 0 amide bonds. The largest absolute Gasteiger partial charge is 0.493 e. The Bertz CT molecular complexity index is 1100. The number of hydrogen-bond acceptors (Lipinski definition) is 7. The third-order valence-corrected chi connectivity index (χ3v) is 9.28. The molecule has 164 valence electrons. The standard InChI is InChI=1S/C20H24FNO6S2/c1-27-18-8-3-14(11-19(18)28-2)9-10-22-17-12-29(23,24)13-20(17)30(25,26)16-6-4-15(21)5-7-16/h3-8,11,17,20,22H,9-10,12-13H2,1-2H3/t17-,20-/m0/s1. The van der Waals surface area contributed by atoms with Crippen LogP contribution in [0.25, 0.3) is 0 Å². The van der Waals surface area contributed by atoms with Crippen LogP contribution in [0.4, 0.5) is 4.39 Å². The van der Waals surface area contributed by atoms with Gasteiger partial charge in [0.05, 0.1) is 35.9 Å². The lowest BCUT2D eigenvalue weighted by atomic mass is 10.1. The molecule has 2 aromatic rings. The zero-order valence-electron chi connectivity index (χ0n) is 16.7. The fourth-order valence-corrected chi connectivity index (χ4v) is 8.27. The van der Waals surface area contributed by atoms with Crippen molar-refractivity contribution in [3.63, 3.8) is 0 Å². The normalized spacial score (nSPS) is 20.8. The lowest BCUT2D eigenvalue weighted by molar-refractivity contribution is 0.354. The van der Waals surface area contributed by atoms with E-state index in [2.05, 4.69) is 5.32 Å². The lowest BCUT2D eigenvalue weighted by Gasteiger charge is -2.20. The van der Waals surface area contributed by atoms with Gasteiger partial charge in [-0.15, -0.1) is 0 Å². The second kappa shape index (κ2) is 8.91. The van der Waals surface area contributed by atoms with Gasteiger partial charge in [0.2, 0.25) is 0 Å². The number of benzene rings is 2. The molecule has 0 aliphatic carbocycles. The van der Waals surface area contributed by atoms with Gasteiger partial charge in [-0.2, -0.15) is 0 Å². The molecular formula is C20H24FNO6S2. The quantitative estimate of drug-likeness (QED) is 0.602. The zero-order valence-corrected chi connectivity index (χ0v) is 18.3. The molecule has 0 unspecified atom stereocenters. The molecule has 1 aliphatic rings. The Balaban J connectivity index is 1.73. The maximum Gasteiger partial charge on any atom is 0.183 e. The number of halogens is 1. The van der Waals surface area contributed by atoms with Crippen LogP contribution in [0.2, 0.25) is 0 Å². The number of rotatable bonds is 8. The Hall–Kier alpha value is -2.17. The monoisotopic (exact) mass is 457 g/mol. The fourth-order valence-electron chi connectivity index (χ4n) is 3.55. The van der Waals surface area contributed by atoms with E-state index in [1.807, 2.05) is 12.1 Å². The van der Waals surface area contributed by atoms with Crippen molar-refractivity contribution < 1.29 is 30.7 Å². The molecule has 3 rings (SSSR count). The minimum absolute atomic E-state index is 0.0855. The molecule has 0 spiro atoms. The van der Waals surface area contributed by atoms with Gasteiger partial charge in [-0.25, -0.2) is 21.2 Å². The van der Waals surface area contributed by atoms with Crippen LogP contribution in [0.1, 0.15) is 5.56 Å². The second-order valence-corrected chi connectivity index (χ2v) is 11.4. The Morgan fingerprint density at radius 2 is 1.70 bits per heavy atom. The minimum atomic E-state index is -3.94. The molecule has 2 aromatic carbocycles. The highest BCUT2D eigenvalue weighted by molar-refractivity contribution is 7.96. The first kappa shape index (κ1) is 22.5. The molecule has 1 fully saturated rings. The summed E-state index contributed by atoms with van der Waals surface area (Å²) in [6, 6.07) is 9.14. The lowest BCUT2D eigenvalue weighted by Crippen LogP contribution is -2.44. The van der Waals surface area contributed by atoms with Crippen LogP contribution < -0.4 is 14.8 Å². The second-order valence-electron chi connectivity index (χ2n) is 7.11. The van der Waals surface area contributed by atoms with E-state index < -0.39 is 42.5 Å². The van der Waals surface area contributed by atoms with Gasteiger partial charge in [-0.1, -0.05) is 6.07 Å². The van der Waals surface area contributed by atoms with E-state index in [4.69, 9.17) is 9.47 Å². The summed E-state index contributed by atoms with van der Waals surface area (Å²) in [5, 5.41) is 1.96. The summed E-state index contributed by atoms with van der Waals surface area (Å²) in [5.74, 6) is -0.0977. The van der Waals surface area contributed by atoms with Crippen molar-refractivity contribution >= 4 is 19.7 Å². The van der Waals surface area contributed by atoms with Crippen LogP contribution in [-0.2, 0) is 26.1 Å². The van der Waals surface area contributed by atoms with Crippen LogP contribution in [0.15, 0.2) is 47.4 Å². The predicted molar refractivity (Wildman–Crippen MR) is 111 cm³/mol. The average molecular weight is 458 g/mol. The van der Waals surface area contributed by atoms with Gasteiger partial charge in [0.25, 0.3) is 0 Å². The number of hydrogen-bond donors (Lipinski definition) is 1. The van der Waals surface area contributed by atoms with Crippen LogP contribution in [0.3, 0.4) is 0 Å². The van der Waals surface area contributed by atoms with Crippen LogP contribution in [-0.4, -0.2) is 60.4 Å². The van der Waals surface area contributed by atoms with Crippen LogP contribution in [0, 0.1) is 5.82 Å². The van der Waals surface area contributed by atoms with Gasteiger partial charge in [-0.3, -0.25) is 0 Å². The molecule has 0 radical (unpaired) electrons. The molecule has 1 aliphatic heterocycles. The highest BCUT2D eigenvalue weighted by atomic mass is 32.2. The van der Waals surface area contributed by atoms with E-state index in [0.29, 0.717) is 24.5 Å². The van der Waals surface area contributed by atoms with Crippen molar-refractivity contribution in [1.29, 1.82) is 0 Å². The van der Waals surface area contributed by atoms with Gasteiger partial charge in [0.15, 0.2) is 31.2 Å². The maximum absolute atomic E-state index is 13.2. The first-order valence-electron chi connectivity index (χ1n) is 9.30. The van der Waals surface area contributed by atoms with E-state index >= 15 is 0 Å². The van der Waals surface area contributed by atoms with E-state index in [-0.39, 0.29) is 10.6 Å². The van der Waals surface area contributed by atoms with E-state index in [1.165, 1.54) is 7.11 Å². The number of methoxy groups -OCH3 is 2. The van der Waals surface area contributed by atoms with Gasteiger partial charge >= 0.3 is 0 Å². The summed E-state index contributed by atoms with van der Waals surface area (Å²) in [7, 11) is -4.37. The fraction of sp³-hybridized carbons (Fsp3) is 0.400. The Morgan fingerprint density at radius 3 is 2.33 bits per heavy atom. The van der Waals surface area contributed by atoms with Crippen molar-refractivity contribution in [3.8, 4) is 11.5 Å². The topological polar surface area (TPSA) is 98.8 Å². The van der Waals surface area contributed by atoms with Crippen molar-refractivity contribution in [3.05, 3.63) is 53.8 Å². The maximum atomic E-state index is 13.2. The Morgan fingerprint density at radius 1 is 1.03 bits per heavy atom. The smallest absolute Gasteiger partial charge is 0.183 e. The Labute approximate surface area is 176 Å². The average Bonchev–Trinajstić information content (AvgIpc) is 3.03. The molecular weight excluding hydrogens is 433 g/mol. The summed E-state index contributed by atoms with van der Waals surface area (Å²) >= 11 is 0. The first-order valence-corrected chi connectivity index (χ1v) is 12.7. The third kappa shape index (κ3) is 4.93. The number of nitrogens with one attached hydrogen (secondary N) is 1. The van der Waals surface area contributed by atoms with Gasteiger partial charge in [0, 0.05) is 6.04 Å². The van der Waals surface area contributed by atoms with Crippen molar-refractivity contribution in [2.75, 3.05) is 32.3 Å². The van der Waals surface area contributed by atoms with E-state index in [1.54, 1.807) is 13.2 Å².